The number of halogens is 1. The van der Waals surface area contributed by atoms with Gasteiger partial charge in [0.15, 0.2) is 0 Å². The number of carbonyl (C=O) groups is 1. The Kier molecular flexibility index (Phi) is 4.14. The number of likely N-dealkylation sites (tertiary alicyclic amines) is 1. The van der Waals surface area contributed by atoms with E-state index in [1.54, 1.807) is 11.0 Å². The van der Waals surface area contributed by atoms with Crippen LogP contribution in [0, 0.1) is 6.92 Å². The Morgan fingerprint density at radius 1 is 1.35 bits per heavy atom. The fourth-order valence-electron chi connectivity index (χ4n) is 1.91. The van der Waals surface area contributed by atoms with Gasteiger partial charge in [-0.25, -0.2) is 4.79 Å². The van der Waals surface area contributed by atoms with Gasteiger partial charge in [-0.1, -0.05) is 11.6 Å². The minimum atomic E-state index is -0.463. The first-order chi connectivity index (χ1) is 9.24. The number of amides is 1. The maximum Gasteiger partial charge on any atom is 0.410 e. The van der Waals surface area contributed by atoms with Crippen LogP contribution in [0.2, 0.25) is 5.02 Å². The van der Waals surface area contributed by atoms with Crippen LogP contribution >= 0.6 is 11.6 Å². The molecule has 0 radical (unpaired) electrons. The molecule has 0 N–H and O–H groups in total. The fourth-order valence-corrected chi connectivity index (χ4v) is 2.14. The van der Waals surface area contributed by atoms with Gasteiger partial charge in [-0.05, 0) is 51.5 Å². The van der Waals surface area contributed by atoms with Crippen molar-refractivity contribution in [1.82, 2.24) is 4.90 Å². The Morgan fingerprint density at radius 3 is 2.55 bits per heavy atom. The molecule has 110 valence electrons. The molecule has 1 aliphatic heterocycles. The van der Waals surface area contributed by atoms with Crippen LogP contribution in [0.25, 0.3) is 0 Å². The summed E-state index contributed by atoms with van der Waals surface area (Å²) in [7, 11) is 0. The summed E-state index contributed by atoms with van der Waals surface area (Å²) in [6.07, 6.45) is -0.271. The first-order valence-corrected chi connectivity index (χ1v) is 7.03. The Labute approximate surface area is 124 Å². The first kappa shape index (κ1) is 15.0. The standard InChI is InChI=1S/C15H20ClNO3/c1-10-7-11(16)5-6-13(10)19-12-8-17(9-12)14(18)20-15(2,3)4/h5-7,12H,8-9H2,1-4H3. The minimum absolute atomic E-state index is 0.0161. The number of carbonyl (C=O) groups excluding carboxylic acids is 1. The number of nitrogens with zero attached hydrogens (tertiary/aromatic N) is 1. The van der Waals surface area contributed by atoms with Gasteiger partial charge in [-0.2, -0.15) is 0 Å². The van der Waals surface area contributed by atoms with E-state index in [4.69, 9.17) is 21.1 Å². The average molecular weight is 298 g/mol. The predicted molar refractivity (Wildman–Crippen MR) is 78.4 cm³/mol. The summed E-state index contributed by atoms with van der Waals surface area (Å²) >= 11 is 5.90. The lowest BCUT2D eigenvalue weighted by molar-refractivity contribution is -0.0222. The monoisotopic (exact) mass is 297 g/mol. The van der Waals surface area contributed by atoms with Crippen LogP contribution < -0.4 is 4.74 Å². The molecule has 0 unspecified atom stereocenters. The molecule has 1 aromatic rings. The maximum atomic E-state index is 11.8. The third-order valence-corrected chi connectivity index (χ3v) is 3.17. The third kappa shape index (κ3) is 3.79. The molecule has 0 bridgehead atoms. The molecule has 0 aromatic heterocycles. The summed E-state index contributed by atoms with van der Waals surface area (Å²) in [5, 5.41) is 0.693. The number of hydrogen-bond acceptors (Lipinski definition) is 3. The lowest BCUT2D eigenvalue weighted by atomic mass is 10.1. The van der Waals surface area contributed by atoms with E-state index in [1.807, 2.05) is 39.8 Å². The van der Waals surface area contributed by atoms with E-state index in [9.17, 15) is 4.79 Å². The third-order valence-electron chi connectivity index (χ3n) is 2.93. The Morgan fingerprint density at radius 2 is 2.00 bits per heavy atom. The van der Waals surface area contributed by atoms with Gasteiger partial charge < -0.3 is 14.4 Å². The highest BCUT2D eigenvalue weighted by molar-refractivity contribution is 6.30. The van der Waals surface area contributed by atoms with Crippen LogP contribution in [-0.2, 0) is 4.74 Å². The van der Waals surface area contributed by atoms with Crippen molar-refractivity contribution in [2.75, 3.05) is 13.1 Å². The Balaban J connectivity index is 1.83. The van der Waals surface area contributed by atoms with Gasteiger partial charge in [0.2, 0.25) is 0 Å². The van der Waals surface area contributed by atoms with Crippen molar-refractivity contribution in [3.05, 3.63) is 28.8 Å². The van der Waals surface area contributed by atoms with Gasteiger partial charge in [0.25, 0.3) is 0 Å². The summed E-state index contributed by atoms with van der Waals surface area (Å²) in [4.78, 5) is 13.4. The number of ether oxygens (including phenoxy) is 2. The molecule has 0 spiro atoms. The van der Waals surface area contributed by atoms with Gasteiger partial charge in [0, 0.05) is 5.02 Å². The molecule has 1 aromatic carbocycles. The van der Waals surface area contributed by atoms with E-state index in [0.29, 0.717) is 18.1 Å². The molecule has 4 nitrogen and oxygen atoms in total. The van der Waals surface area contributed by atoms with E-state index in [0.717, 1.165) is 11.3 Å². The summed E-state index contributed by atoms with van der Waals surface area (Å²) in [5.41, 5.74) is 0.531. The van der Waals surface area contributed by atoms with Crippen LogP contribution in [-0.4, -0.2) is 35.8 Å². The van der Waals surface area contributed by atoms with E-state index in [-0.39, 0.29) is 12.2 Å². The van der Waals surface area contributed by atoms with E-state index in [2.05, 4.69) is 0 Å². The zero-order valence-electron chi connectivity index (χ0n) is 12.3. The molecule has 1 saturated heterocycles. The van der Waals surface area contributed by atoms with Crippen molar-refractivity contribution < 1.29 is 14.3 Å². The second-order valence-corrected chi connectivity index (χ2v) is 6.47. The Bertz CT molecular complexity index is 504. The van der Waals surface area contributed by atoms with Gasteiger partial charge in [-0.15, -0.1) is 0 Å². The quantitative estimate of drug-likeness (QED) is 0.836. The van der Waals surface area contributed by atoms with Crippen LogP contribution in [0.15, 0.2) is 18.2 Å². The molecular weight excluding hydrogens is 278 g/mol. The Hall–Kier alpha value is -1.42. The minimum Gasteiger partial charge on any atom is -0.486 e. The maximum absolute atomic E-state index is 11.8. The smallest absolute Gasteiger partial charge is 0.410 e. The number of hydrogen-bond donors (Lipinski definition) is 0. The highest BCUT2D eigenvalue weighted by Gasteiger charge is 2.35. The molecule has 0 atom stereocenters. The number of aryl methyl sites for hydroxylation is 1. The summed E-state index contributed by atoms with van der Waals surface area (Å²) < 4.78 is 11.1. The zero-order chi connectivity index (χ0) is 14.9. The highest BCUT2D eigenvalue weighted by Crippen LogP contribution is 2.25. The summed E-state index contributed by atoms with van der Waals surface area (Å²) in [6, 6.07) is 5.52. The molecule has 1 amide bonds. The number of benzene rings is 1. The molecule has 0 saturated carbocycles. The van der Waals surface area contributed by atoms with E-state index < -0.39 is 5.60 Å². The van der Waals surface area contributed by atoms with Crippen molar-refractivity contribution in [3.63, 3.8) is 0 Å². The molecule has 5 heteroatoms. The molecule has 1 heterocycles. The van der Waals surface area contributed by atoms with Crippen LogP contribution in [0.1, 0.15) is 26.3 Å². The van der Waals surface area contributed by atoms with Crippen LogP contribution in [0.4, 0.5) is 4.79 Å². The van der Waals surface area contributed by atoms with Gasteiger partial charge in [0.05, 0.1) is 13.1 Å². The molecular formula is C15H20ClNO3. The predicted octanol–water partition coefficient (Wildman–Crippen LogP) is 3.65. The van der Waals surface area contributed by atoms with E-state index >= 15 is 0 Å². The molecule has 1 fully saturated rings. The molecule has 0 aliphatic carbocycles. The SMILES string of the molecule is Cc1cc(Cl)ccc1OC1CN(C(=O)OC(C)(C)C)C1. The van der Waals surface area contributed by atoms with Crippen LogP contribution in [0.3, 0.4) is 0 Å². The second kappa shape index (κ2) is 5.52. The topological polar surface area (TPSA) is 38.8 Å². The lowest BCUT2D eigenvalue weighted by Gasteiger charge is -2.39. The summed E-state index contributed by atoms with van der Waals surface area (Å²) in [6.45, 7) is 8.63. The molecule has 20 heavy (non-hydrogen) atoms. The summed E-state index contributed by atoms with van der Waals surface area (Å²) in [5.74, 6) is 0.809. The van der Waals surface area contributed by atoms with Crippen molar-refractivity contribution in [3.8, 4) is 5.75 Å². The fraction of sp³-hybridized carbons (Fsp3) is 0.533. The molecule has 2 rings (SSSR count). The van der Waals surface area contributed by atoms with Gasteiger partial charge in [0.1, 0.15) is 17.5 Å². The molecule has 1 aliphatic rings. The second-order valence-electron chi connectivity index (χ2n) is 6.04. The highest BCUT2D eigenvalue weighted by atomic mass is 35.5. The van der Waals surface area contributed by atoms with Gasteiger partial charge in [-0.3, -0.25) is 0 Å². The van der Waals surface area contributed by atoms with E-state index in [1.165, 1.54) is 0 Å². The normalized spacial score (nSPS) is 15.8. The largest absolute Gasteiger partial charge is 0.486 e. The average Bonchev–Trinajstić information content (AvgIpc) is 2.22. The lowest BCUT2D eigenvalue weighted by Crippen LogP contribution is -2.57. The van der Waals surface area contributed by atoms with Crippen molar-refractivity contribution in [1.29, 1.82) is 0 Å². The zero-order valence-corrected chi connectivity index (χ0v) is 13.0. The van der Waals surface area contributed by atoms with Crippen molar-refractivity contribution in [2.24, 2.45) is 0 Å². The number of rotatable bonds is 2. The van der Waals surface area contributed by atoms with Gasteiger partial charge >= 0.3 is 6.09 Å². The van der Waals surface area contributed by atoms with Crippen molar-refractivity contribution >= 4 is 17.7 Å². The van der Waals surface area contributed by atoms with Crippen molar-refractivity contribution in [2.45, 2.75) is 39.4 Å². The first-order valence-electron chi connectivity index (χ1n) is 6.65. The van der Waals surface area contributed by atoms with Crippen LogP contribution in [0.5, 0.6) is 5.75 Å².